The molecule has 0 aromatic heterocycles. The Kier molecular flexibility index (Phi) is 5.92. The van der Waals surface area contributed by atoms with Crippen LogP contribution in [0.4, 0.5) is 0 Å². The monoisotopic (exact) mass is 288 g/mol. The highest BCUT2D eigenvalue weighted by atomic mass is 16.4. The van der Waals surface area contributed by atoms with Crippen molar-refractivity contribution in [3.8, 4) is 6.07 Å². The second-order valence-electron chi connectivity index (χ2n) is 5.04. The zero-order valence-electron chi connectivity index (χ0n) is 12.5. The second-order valence-corrected chi connectivity index (χ2v) is 5.04. The molecule has 0 fully saturated rings. The minimum Gasteiger partial charge on any atom is -0.481 e. The van der Waals surface area contributed by atoms with Gasteiger partial charge >= 0.3 is 5.97 Å². The van der Waals surface area contributed by atoms with Gasteiger partial charge in [-0.25, -0.2) is 0 Å². The van der Waals surface area contributed by atoms with Gasteiger partial charge in [-0.15, -0.1) is 0 Å². The molecule has 2 atom stereocenters. The van der Waals surface area contributed by atoms with E-state index in [1.54, 1.807) is 30.0 Å². The van der Waals surface area contributed by atoms with Crippen LogP contribution in [0.15, 0.2) is 24.3 Å². The van der Waals surface area contributed by atoms with E-state index in [4.69, 9.17) is 10.4 Å². The number of benzene rings is 1. The number of aliphatic carboxylic acids is 1. The van der Waals surface area contributed by atoms with E-state index in [9.17, 15) is 9.59 Å². The fourth-order valence-electron chi connectivity index (χ4n) is 2.03. The Morgan fingerprint density at radius 1 is 1.29 bits per heavy atom. The van der Waals surface area contributed by atoms with Crippen molar-refractivity contribution >= 4 is 11.9 Å². The van der Waals surface area contributed by atoms with Gasteiger partial charge in [-0.2, -0.15) is 5.26 Å². The fourth-order valence-corrected chi connectivity index (χ4v) is 2.03. The van der Waals surface area contributed by atoms with Crippen molar-refractivity contribution < 1.29 is 14.7 Å². The van der Waals surface area contributed by atoms with Crippen molar-refractivity contribution in [2.45, 2.75) is 27.3 Å². The van der Waals surface area contributed by atoms with Gasteiger partial charge < -0.3 is 10.0 Å². The molecular weight excluding hydrogens is 268 g/mol. The summed E-state index contributed by atoms with van der Waals surface area (Å²) in [5.41, 5.74) is 1.30. The highest BCUT2D eigenvalue weighted by molar-refractivity contribution is 5.84. The van der Waals surface area contributed by atoms with Gasteiger partial charge in [0.25, 0.3) is 0 Å². The molecule has 0 saturated carbocycles. The van der Waals surface area contributed by atoms with E-state index in [0.29, 0.717) is 18.7 Å². The molecule has 0 spiro atoms. The van der Waals surface area contributed by atoms with Gasteiger partial charge in [-0.1, -0.05) is 32.0 Å². The van der Waals surface area contributed by atoms with Crippen molar-refractivity contribution in [3.63, 3.8) is 0 Å². The Bertz CT molecular complexity index is 563. The number of carbonyl (C=O) groups excluding carboxylic acids is 1. The first kappa shape index (κ1) is 16.7. The van der Waals surface area contributed by atoms with Crippen LogP contribution in [0.25, 0.3) is 0 Å². The first-order valence-electron chi connectivity index (χ1n) is 6.91. The molecule has 0 aliphatic rings. The molecule has 112 valence electrons. The third-order valence-corrected chi connectivity index (χ3v) is 3.72. The third-order valence-electron chi connectivity index (χ3n) is 3.72. The summed E-state index contributed by atoms with van der Waals surface area (Å²) in [5.74, 6) is -2.53. The Labute approximate surface area is 124 Å². The summed E-state index contributed by atoms with van der Waals surface area (Å²) in [6.45, 7) is 5.78. The summed E-state index contributed by atoms with van der Waals surface area (Å²) >= 11 is 0. The minimum absolute atomic E-state index is 0.208. The summed E-state index contributed by atoms with van der Waals surface area (Å²) < 4.78 is 0. The van der Waals surface area contributed by atoms with Crippen LogP contribution in [0, 0.1) is 23.2 Å². The molecule has 1 aromatic carbocycles. The maximum absolute atomic E-state index is 12.4. The lowest BCUT2D eigenvalue weighted by Crippen LogP contribution is -2.38. The van der Waals surface area contributed by atoms with E-state index >= 15 is 0 Å². The largest absolute Gasteiger partial charge is 0.481 e. The molecule has 1 amide bonds. The summed E-state index contributed by atoms with van der Waals surface area (Å²) in [7, 11) is 0. The topological polar surface area (TPSA) is 81.4 Å². The zero-order valence-corrected chi connectivity index (χ0v) is 12.5. The van der Waals surface area contributed by atoms with Crippen LogP contribution in [-0.4, -0.2) is 28.4 Å². The summed E-state index contributed by atoms with van der Waals surface area (Å²) in [4.78, 5) is 25.0. The van der Waals surface area contributed by atoms with Gasteiger partial charge in [0.05, 0.1) is 17.6 Å². The van der Waals surface area contributed by atoms with Crippen LogP contribution < -0.4 is 0 Å². The van der Waals surface area contributed by atoms with Gasteiger partial charge in [0.2, 0.25) is 5.91 Å². The van der Waals surface area contributed by atoms with Crippen molar-refractivity contribution in [1.82, 2.24) is 4.90 Å². The summed E-state index contributed by atoms with van der Waals surface area (Å²) in [5, 5.41) is 18.1. The van der Waals surface area contributed by atoms with E-state index in [1.807, 2.05) is 13.0 Å². The average molecular weight is 288 g/mol. The molecule has 0 radical (unpaired) electrons. The molecule has 1 N–H and O–H groups in total. The molecule has 1 aromatic rings. The smallest absolute Gasteiger partial charge is 0.307 e. The maximum Gasteiger partial charge on any atom is 0.307 e. The quantitative estimate of drug-likeness (QED) is 0.870. The number of carboxylic acids is 1. The molecule has 5 nitrogen and oxygen atoms in total. The maximum atomic E-state index is 12.4. The van der Waals surface area contributed by atoms with Crippen LogP contribution in [-0.2, 0) is 16.1 Å². The highest BCUT2D eigenvalue weighted by Gasteiger charge is 2.29. The standard InChI is InChI=1S/C16H20N2O3/c1-4-18(15(19)11(2)12(3)16(20)21)10-14-8-6-5-7-13(14)9-17/h5-8,11-12H,4,10H2,1-3H3,(H,20,21). The van der Waals surface area contributed by atoms with Gasteiger partial charge in [0.15, 0.2) is 0 Å². The summed E-state index contributed by atoms with van der Waals surface area (Å²) in [6.07, 6.45) is 0. The minimum atomic E-state index is -0.982. The van der Waals surface area contributed by atoms with E-state index in [1.165, 1.54) is 6.92 Å². The molecular formula is C16H20N2O3. The molecule has 0 bridgehead atoms. The first-order valence-corrected chi connectivity index (χ1v) is 6.91. The normalized spacial score (nSPS) is 13.0. The lowest BCUT2D eigenvalue weighted by atomic mass is 9.94. The van der Waals surface area contributed by atoms with E-state index < -0.39 is 17.8 Å². The molecule has 0 saturated heterocycles. The number of carbonyl (C=O) groups is 2. The van der Waals surface area contributed by atoms with Crippen molar-refractivity contribution in [1.29, 1.82) is 5.26 Å². The van der Waals surface area contributed by atoms with Crippen molar-refractivity contribution in [2.24, 2.45) is 11.8 Å². The highest BCUT2D eigenvalue weighted by Crippen LogP contribution is 2.17. The van der Waals surface area contributed by atoms with Gasteiger partial charge in [0, 0.05) is 19.0 Å². The lowest BCUT2D eigenvalue weighted by Gasteiger charge is -2.26. The van der Waals surface area contributed by atoms with Gasteiger partial charge in [-0.3, -0.25) is 9.59 Å². The Hall–Kier alpha value is -2.35. The van der Waals surface area contributed by atoms with E-state index in [2.05, 4.69) is 6.07 Å². The predicted molar refractivity (Wildman–Crippen MR) is 78.2 cm³/mol. The Morgan fingerprint density at radius 2 is 1.90 bits per heavy atom. The number of nitriles is 1. The van der Waals surface area contributed by atoms with E-state index in [0.717, 1.165) is 5.56 Å². The number of hydrogen-bond donors (Lipinski definition) is 1. The number of rotatable bonds is 6. The van der Waals surface area contributed by atoms with Crippen LogP contribution in [0.5, 0.6) is 0 Å². The lowest BCUT2D eigenvalue weighted by molar-refractivity contribution is -0.149. The second kappa shape index (κ2) is 7.44. The van der Waals surface area contributed by atoms with Gasteiger partial charge in [0.1, 0.15) is 0 Å². The third kappa shape index (κ3) is 4.06. The molecule has 21 heavy (non-hydrogen) atoms. The molecule has 2 unspecified atom stereocenters. The number of amides is 1. The first-order chi connectivity index (χ1) is 9.92. The number of carboxylic acid groups (broad SMARTS) is 1. The predicted octanol–water partition coefficient (Wildman–Crippen LogP) is 2.26. The molecule has 1 rings (SSSR count). The fraction of sp³-hybridized carbons (Fsp3) is 0.438. The number of nitrogens with zero attached hydrogens (tertiary/aromatic N) is 2. The van der Waals surface area contributed by atoms with Crippen LogP contribution in [0.1, 0.15) is 31.9 Å². The van der Waals surface area contributed by atoms with Crippen LogP contribution in [0.2, 0.25) is 0 Å². The molecule has 5 heteroatoms. The van der Waals surface area contributed by atoms with Crippen LogP contribution >= 0.6 is 0 Å². The zero-order chi connectivity index (χ0) is 16.0. The average Bonchev–Trinajstić information content (AvgIpc) is 2.50. The van der Waals surface area contributed by atoms with Gasteiger partial charge in [-0.05, 0) is 18.6 Å². The van der Waals surface area contributed by atoms with Crippen LogP contribution in [0.3, 0.4) is 0 Å². The van der Waals surface area contributed by atoms with Crippen molar-refractivity contribution in [3.05, 3.63) is 35.4 Å². The Balaban J connectivity index is 2.91. The number of hydrogen-bond acceptors (Lipinski definition) is 3. The Morgan fingerprint density at radius 3 is 2.43 bits per heavy atom. The van der Waals surface area contributed by atoms with Crippen molar-refractivity contribution in [2.75, 3.05) is 6.54 Å². The SMILES string of the molecule is CCN(Cc1ccccc1C#N)C(=O)C(C)C(C)C(=O)O. The molecule has 0 heterocycles. The molecule has 0 aliphatic heterocycles. The molecule has 0 aliphatic carbocycles. The van der Waals surface area contributed by atoms with E-state index in [-0.39, 0.29) is 5.91 Å². The summed E-state index contributed by atoms with van der Waals surface area (Å²) in [6, 6.07) is 9.20.